The van der Waals surface area contributed by atoms with Gasteiger partial charge in [0.2, 0.25) is 0 Å². The predicted octanol–water partition coefficient (Wildman–Crippen LogP) is 6.35. The second kappa shape index (κ2) is 10.7. The summed E-state index contributed by atoms with van der Waals surface area (Å²) in [6.45, 7) is 7.16. The average molecular weight is 462 g/mol. The molecule has 1 aliphatic carbocycles. The van der Waals surface area contributed by atoms with Gasteiger partial charge in [-0.05, 0) is 79.0 Å². The molecule has 0 aliphatic heterocycles. The fourth-order valence-electron chi connectivity index (χ4n) is 4.67. The van der Waals surface area contributed by atoms with Gasteiger partial charge in [-0.15, -0.1) is 0 Å². The number of aliphatic hydroxyl groups is 1. The molecule has 0 amide bonds. The van der Waals surface area contributed by atoms with E-state index in [2.05, 4.69) is 56.6 Å². The van der Waals surface area contributed by atoms with Crippen molar-refractivity contribution in [3.05, 3.63) is 70.8 Å². The maximum atomic E-state index is 13.4. The molecule has 0 bridgehead atoms. The number of thioether (sulfide) groups is 1. The number of benzene rings is 2. The Hall–Kier alpha value is -1.43. The Bertz CT molecular complexity index is 867. The van der Waals surface area contributed by atoms with Gasteiger partial charge in [0.05, 0.1) is 6.10 Å². The molecule has 3 rings (SSSR count). The second-order valence-electron chi connectivity index (χ2n) is 10.2. The highest BCUT2D eigenvalue weighted by Crippen LogP contribution is 2.41. The molecule has 5 heteroatoms. The molecule has 1 unspecified atom stereocenters. The van der Waals surface area contributed by atoms with E-state index in [0.29, 0.717) is 30.2 Å². The van der Waals surface area contributed by atoms with Gasteiger partial charge in [-0.2, -0.15) is 11.8 Å². The molecule has 0 aromatic heterocycles. The van der Waals surface area contributed by atoms with E-state index in [1.807, 2.05) is 11.8 Å². The molecule has 0 radical (unpaired) electrons. The van der Waals surface area contributed by atoms with Crippen molar-refractivity contribution in [2.75, 3.05) is 12.8 Å². The van der Waals surface area contributed by atoms with Crippen molar-refractivity contribution in [3.8, 4) is 0 Å². The highest BCUT2D eigenvalue weighted by atomic mass is 32.2. The standard InChI is InChI=1S/C27H37F2NOS/c1-26(2,3)20-6-5-7-21(16-20)27(12-10-25(32-4)11-13-27)30-18-24(31)9-8-19-14-22(28)17-23(29)15-19/h5-7,14-17,24-25,30-31H,8-13,18H2,1-4H3. The van der Waals surface area contributed by atoms with E-state index in [9.17, 15) is 13.9 Å². The van der Waals surface area contributed by atoms with Crippen molar-refractivity contribution < 1.29 is 13.9 Å². The molecule has 32 heavy (non-hydrogen) atoms. The molecule has 2 aromatic rings. The molecule has 2 N–H and O–H groups in total. The SMILES string of the molecule is CSC1CCC(NCC(O)CCc2cc(F)cc(F)c2)(c2cccc(C(C)(C)C)c2)CC1. The lowest BCUT2D eigenvalue weighted by Gasteiger charge is -2.42. The zero-order chi connectivity index (χ0) is 23.4. The predicted molar refractivity (Wildman–Crippen MR) is 131 cm³/mol. The Balaban J connectivity index is 1.71. The summed E-state index contributed by atoms with van der Waals surface area (Å²) < 4.78 is 26.9. The largest absolute Gasteiger partial charge is 0.392 e. The number of hydrogen-bond acceptors (Lipinski definition) is 3. The quantitative estimate of drug-likeness (QED) is 0.481. The van der Waals surface area contributed by atoms with E-state index in [0.717, 1.165) is 31.7 Å². The summed E-state index contributed by atoms with van der Waals surface area (Å²) in [5, 5.41) is 15.1. The number of aryl methyl sites for hydroxylation is 1. The fourth-order valence-corrected chi connectivity index (χ4v) is 5.38. The summed E-state index contributed by atoms with van der Waals surface area (Å²) in [6, 6.07) is 12.4. The molecule has 2 aromatic carbocycles. The third-order valence-electron chi connectivity index (χ3n) is 6.77. The van der Waals surface area contributed by atoms with Crippen LogP contribution in [0.15, 0.2) is 42.5 Å². The third-order valence-corrected chi connectivity index (χ3v) is 7.90. The lowest BCUT2D eigenvalue weighted by Crippen LogP contribution is -2.48. The van der Waals surface area contributed by atoms with E-state index < -0.39 is 17.7 Å². The molecule has 176 valence electrons. The Morgan fingerprint density at radius 2 is 1.75 bits per heavy atom. The van der Waals surface area contributed by atoms with Crippen molar-refractivity contribution in [2.45, 2.75) is 81.6 Å². The van der Waals surface area contributed by atoms with Crippen molar-refractivity contribution in [1.29, 1.82) is 0 Å². The van der Waals surface area contributed by atoms with Crippen molar-refractivity contribution >= 4 is 11.8 Å². The summed E-state index contributed by atoms with van der Waals surface area (Å²) in [6.07, 6.45) is 6.87. The van der Waals surface area contributed by atoms with E-state index in [-0.39, 0.29) is 11.0 Å². The molecule has 0 saturated heterocycles. The maximum absolute atomic E-state index is 13.4. The Labute approximate surface area is 196 Å². The third kappa shape index (κ3) is 6.55. The average Bonchev–Trinajstić information content (AvgIpc) is 2.75. The molecule has 2 nitrogen and oxygen atoms in total. The van der Waals surface area contributed by atoms with Crippen LogP contribution in [-0.4, -0.2) is 29.3 Å². The lowest BCUT2D eigenvalue weighted by molar-refractivity contribution is 0.132. The Morgan fingerprint density at radius 3 is 2.34 bits per heavy atom. The van der Waals surface area contributed by atoms with Gasteiger partial charge in [-0.25, -0.2) is 8.78 Å². The summed E-state index contributed by atoms with van der Waals surface area (Å²) in [4.78, 5) is 0. The molecule has 1 saturated carbocycles. The first-order valence-corrected chi connectivity index (χ1v) is 12.9. The van der Waals surface area contributed by atoms with Gasteiger partial charge in [0.15, 0.2) is 0 Å². The van der Waals surface area contributed by atoms with Crippen molar-refractivity contribution in [3.63, 3.8) is 0 Å². The summed E-state index contributed by atoms with van der Waals surface area (Å²) >= 11 is 1.94. The number of rotatable bonds is 8. The molecule has 0 spiro atoms. The van der Waals surface area contributed by atoms with Crippen LogP contribution in [0.1, 0.15) is 69.6 Å². The van der Waals surface area contributed by atoms with Gasteiger partial charge < -0.3 is 10.4 Å². The molecule has 0 heterocycles. The highest BCUT2D eigenvalue weighted by molar-refractivity contribution is 7.99. The van der Waals surface area contributed by atoms with Gasteiger partial charge in [-0.3, -0.25) is 0 Å². The van der Waals surface area contributed by atoms with Crippen molar-refractivity contribution in [2.24, 2.45) is 0 Å². The minimum absolute atomic E-state index is 0.0768. The monoisotopic (exact) mass is 461 g/mol. The zero-order valence-corrected chi connectivity index (χ0v) is 20.6. The second-order valence-corrected chi connectivity index (χ2v) is 11.3. The topological polar surface area (TPSA) is 32.3 Å². The zero-order valence-electron chi connectivity index (χ0n) is 19.8. The number of halogens is 2. The fraction of sp³-hybridized carbons (Fsp3) is 0.556. The van der Waals surface area contributed by atoms with Crippen molar-refractivity contribution in [1.82, 2.24) is 5.32 Å². The summed E-state index contributed by atoms with van der Waals surface area (Å²) in [5.41, 5.74) is 3.11. The lowest BCUT2D eigenvalue weighted by atomic mass is 9.74. The minimum atomic E-state index is -0.581. The highest BCUT2D eigenvalue weighted by Gasteiger charge is 2.37. The van der Waals surface area contributed by atoms with Gasteiger partial charge in [0.25, 0.3) is 0 Å². The van der Waals surface area contributed by atoms with Crippen LogP contribution < -0.4 is 5.32 Å². The van der Waals surface area contributed by atoms with Crippen LogP contribution in [0.5, 0.6) is 0 Å². The number of nitrogens with one attached hydrogen (secondary N) is 1. The molecule has 1 fully saturated rings. The van der Waals surface area contributed by atoms with E-state index in [4.69, 9.17) is 0 Å². The first-order chi connectivity index (χ1) is 15.1. The van der Waals surface area contributed by atoms with Crippen LogP contribution >= 0.6 is 11.8 Å². The summed E-state index contributed by atoms with van der Waals surface area (Å²) in [5.74, 6) is -1.15. The maximum Gasteiger partial charge on any atom is 0.126 e. The van der Waals surface area contributed by atoms with E-state index in [1.165, 1.54) is 23.3 Å². The Kier molecular flexibility index (Phi) is 8.40. The first-order valence-electron chi connectivity index (χ1n) is 11.6. The van der Waals surface area contributed by atoms with Gasteiger partial charge in [0, 0.05) is 23.4 Å². The molecule has 1 atom stereocenters. The van der Waals surface area contributed by atoms with Crippen LogP contribution in [0, 0.1) is 11.6 Å². The van der Waals surface area contributed by atoms with Gasteiger partial charge in [-0.1, -0.05) is 45.0 Å². The number of hydrogen-bond donors (Lipinski definition) is 2. The summed E-state index contributed by atoms with van der Waals surface area (Å²) in [7, 11) is 0. The van der Waals surface area contributed by atoms with E-state index in [1.54, 1.807) is 0 Å². The van der Waals surface area contributed by atoms with Crippen LogP contribution in [0.3, 0.4) is 0 Å². The number of aliphatic hydroxyl groups excluding tert-OH is 1. The minimum Gasteiger partial charge on any atom is -0.392 e. The van der Waals surface area contributed by atoms with Crippen LogP contribution in [0.25, 0.3) is 0 Å². The molecular formula is C27H37F2NOS. The smallest absolute Gasteiger partial charge is 0.126 e. The van der Waals surface area contributed by atoms with Crippen LogP contribution in [-0.2, 0) is 17.4 Å². The van der Waals surface area contributed by atoms with Crippen LogP contribution in [0.2, 0.25) is 0 Å². The van der Waals surface area contributed by atoms with Gasteiger partial charge in [0.1, 0.15) is 11.6 Å². The molecular weight excluding hydrogens is 424 g/mol. The normalized spacial score (nSPS) is 22.7. The Morgan fingerprint density at radius 1 is 1.09 bits per heavy atom. The van der Waals surface area contributed by atoms with Crippen LogP contribution in [0.4, 0.5) is 8.78 Å². The van der Waals surface area contributed by atoms with E-state index >= 15 is 0 Å². The first kappa shape index (κ1) is 25.2. The molecule has 1 aliphatic rings. The van der Waals surface area contributed by atoms with Gasteiger partial charge >= 0.3 is 0 Å².